The van der Waals surface area contributed by atoms with Crippen molar-refractivity contribution in [3.05, 3.63) is 34.9 Å². The van der Waals surface area contributed by atoms with Crippen LogP contribution in [-0.2, 0) is 6.54 Å². The van der Waals surface area contributed by atoms with Crippen LogP contribution in [0.4, 0.5) is 17.6 Å². The van der Waals surface area contributed by atoms with Gasteiger partial charge in [0.25, 0.3) is 0 Å². The molecule has 0 atom stereocenters. The number of nitrogens with one attached hydrogen (secondary N) is 1. The predicted molar refractivity (Wildman–Crippen MR) is 66.9 cm³/mol. The Kier molecular flexibility index (Phi) is 4.46. The summed E-state index contributed by atoms with van der Waals surface area (Å²) >= 11 is 0. The molecule has 0 bridgehead atoms. The first-order valence-corrected chi connectivity index (χ1v) is 6.34. The van der Waals surface area contributed by atoms with Gasteiger partial charge in [-0.15, -0.1) is 0 Å². The molecule has 1 aliphatic carbocycles. The lowest BCUT2D eigenvalue weighted by atomic mass is 9.85. The van der Waals surface area contributed by atoms with E-state index in [0.717, 1.165) is 12.8 Å². The molecule has 0 aliphatic heterocycles. The summed E-state index contributed by atoms with van der Waals surface area (Å²) in [6.45, 7) is 0.163. The maximum Gasteiger partial charge on any atom is 0.194 e. The first-order chi connectivity index (χ1) is 9.49. The van der Waals surface area contributed by atoms with Crippen LogP contribution < -0.4 is 11.1 Å². The lowest BCUT2D eigenvalue weighted by Crippen LogP contribution is -2.37. The van der Waals surface area contributed by atoms with Crippen LogP contribution >= 0.6 is 0 Å². The number of rotatable bonds is 4. The average molecular weight is 289 g/mol. The summed E-state index contributed by atoms with van der Waals surface area (Å²) in [4.78, 5) is 3.73. The van der Waals surface area contributed by atoms with Gasteiger partial charge in [0.05, 0.1) is 6.54 Å². The number of hydrogen-bond acceptors (Lipinski definition) is 1. The molecule has 7 heteroatoms. The molecule has 0 unspecified atom stereocenters. The van der Waals surface area contributed by atoms with E-state index in [0.29, 0.717) is 18.5 Å². The van der Waals surface area contributed by atoms with Gasteiger partial charge < -0.3 is 11.1 Å². The van der Waals surface area contributed by atoms with Crippen molar-refractivity contribution in [2.45, 2.75) is 25.8 Å². The van der Waals surface area contributed by atoms with Crippen molar-refractivity contribution >= 4 is 5.96 Å². The molecule has 1 aliphatic rings. The van der Waals surface area contributed by atoms with Gasteiger partial charge in [-0.3, -0.25) is 0 Å². The Labute approximate surface area is 113 Å². The van der Waals surface area contributed by atoms with Crippen molar-refractivity contribution in [3.63, 3.8) is 0 Å². The average Bonchev–Trinajstić information content (AvgIpc) is 2.34. The van der Waals surface area contributed by atoms with Gasteiger partial charge in [-0.1, -0.05) is 6.42 Å². The van der Waals surface area contributed by atoms with Crippen molar-refractivity contribution in [2.24, 2.45) is 16.6 Å². The van der Waals surface area contributed by atoms with Gasteiger partial charge in [0, 0.05) is 18.2 Å². The largest absolute Gasteiger partial charge is 0.370 e. The Morgan fingerprint density at radius 3 is 2.50 bits per heavy atom. The highest BCUT2D eigenvalue weighted by Crippen LogP contribution is 2.25. The van der Waals surface area contributed by atoms with E-state index in [1.165, 1.54) is 6.42 Å². The van der Waals surface area contributed by atoms with E-state index in [4.69, 9.17) is 5.73 Å². The van der Waals surface area contributed by atoms with Crippen LogP contribution in [0.15, 0.2) is 11.1 Å². The number of hydrogen-bond donors (Lipinski definition) is 2. The van der Waals surface area contributed by atoms with Gasteiger partial charge in [0.1, 0.15) is 5.82 Å². The van der Waals surface area contributed by atoms with Crippen LogP contribution in [0.25, 0.3) is 0 Å². The first-order valence-electron chi connectivity index (χ1n) is 6.34. The topological polar surface area (TPSA) is 50.4 Å². The van der Waals surface area contributed by atoms with Crippen molar-refractivity contribution in [1.29, 1.82) is 0 Å². The van der Waals surface area contributed by atoms with Gasteiger partial charge in [-0.05, 0) is 18.8 Å². The zero-order valence-corrected chi connectivity index (χ0v) is 10.7. The van der Waals surface area contributed by atoms with E-state index >= 15 is 0 Å². The van der Waals surface area contributed by atoms with Crippen LogP contribution in [0.3, 0.4) is 0 Å². The molecule has 1 aromatic rings. The van der Waals surface area contributed by atoms with Crippen molar-refractivity contribution in [3.8, 4) is 0 Å². The molecule has 0 amide bonds. The molecule has 1 fully saturated rings. The number of nitrogens with zero attached hydrogens (tertiary/aromatic N) is 1. The summed E-state index contributed by atoms with van der Waals surface area (Å²) in [5.41, 5.74) is 4.90. The molecule has 3 nitrogen and oxygen atoms in total. The van der Waals surface area contributed by atoms with Gasteiger partial charge in [0.2, 0.25) is 0 Å². The van der Waals surface area contributed by atoms with Crippen LogP contribution in [-0.4, -0.2) is 12.5 Å². The molecule has 3 N–H and O–H groups in total. The predicted octanol–water partition coefficient (Wildman–Crippen LogP) is 2.45. The van der Waals surface area contributed by atoms with E-state index in [1.807, 2.05) is 0 Å². The van der Waals surface area contributed by atoms with Crippen molar-refractivity contribution in [2.75, 3.05) is 6.54 Å². The smallest absolute Gasteiger partial charge is 0.194 e. The minimum absolute atomic E-state index is 0.0282. The third-order valence-corrected chi connectivity index (χ3v) is 3.41. The SMILES string of the molecule is NC(=NCc1c(F)cc(F)c(F)c1F)NCC1CCC1. The van der Waals surface area contributed by atoms with E-state index in [-0.39, 0.29) is 5.96 Å². The second-order valence-corrected chi connectivity index (χ2v) is 4.83. The summed E-state index contributed by atoms with van der Waals surface area (Å²) in [5, 5.41) is 2.83. The monoisotopic (exact) mass is 289 g/mol. The zero-order valence-electron chi connectivity index (χ0n) is 10.7. The van der Waals surface area contributed by atoms with Gasteiger partial charge in [-0.2, -0.15) is 0 Å². The second-order valence-electron chi connectivity index (χ2n) is 4.83. The van der Waals surface area contributed by atoms with Crippen molar-refractivity contribution in [1.82, 2.24) is 5.32 Å². The Bertz CT molecular complexity index is 527. The maximum absolute atomic E-state index is 13.4. The highest BCUT2D eigenvalue weighted by atomic mass is 19.2. The van der Waals surface area contributed by atoms with Crippen LogP contribution in [0.1, 0.15) is 24.8 Å². The lowest BCUT2D eigenvalue weighted by Gasteiger charge is -2.25. The number of nitrogens with two attached hydrogens (primary N) is 1. The molecule has 0 heterocycles. The van der Waals surface area contributed by atoms with Crippen molar-refractivity contribution < 1.29 is 17.6 Å². The third kappa shape index (κ3) is 3.20. The van der Waals surface area contributed by atoms with E-state index in [2.05, 4.69) is 10.3 Å². The Morgan fingerprint density at radius 1 is 1.20 bits per heavy atom. The number of guanidine groups is 1. The molecule has 0 saturated heterocycles. The zero-order chi connectivity index (χ0) is 14.7. The van der Waals surface area contributed by atoms with Gasteiger partial charge in [0.15, 0.2) is 23.4 Å². The van der Waals surface area contributed by atoms with E-state index in [9.17, 15) is 17.6 Å². The van der Waals surface area contributed by atoms with Gasteiger partial charge in [-0.25, -0.2) is 22.6 Å². The molecule has 0 aromatic heterocycles. The molecular formula is C13H15F4N3. The fourth-order valence-electron chi connectivity index (χ4n) is 1.91. The van der Waals surface area contributed by atoms with Crippen LogP contribution in [0.2, 0.25) is 0 Å². The Morgan fingerprint density at radius 2 is 1.90 bits per heavy atom. The summed E-state index contributed by atoms with van der Waals surface area (Å²) in [6, 6.07) is 0.293. The molecule has 2 rings (SSSR count). The molecule has 110 valence electrons. The summed E-state index contributed by atoms with van der Waals surface area (Å²) < 4.78 is 52.4. The minimum Gasteiger partial charge on any atom is -0.370 e. The summed E-state index contributed by atoms with van der Waals surface area (Å²) in [6.07, 6.45) is 3.42. The number of halogens is 4. The fourth-order valence-corrected chi connectivity index (χ4v) is 1.91. The first kappa shape index (κ1) is 14.6. The third-order valence-electron chi connectivity index (χ3n) is 3.41. The number of benzene rings is 1. The maximum atomic E-state index is 13.4. The summed E-state index contributed by atoms with van der Waals surface area (Å²) in [5.74, 6) is -5.46. The molecule has 1 aromatic carbocycles. The quantitative estimate of drug-likeness (QED) is 0.294. The Hall–Kier alpha value is -1.79. The summed E-state index contributed by atoms with van der Waals surface area (Å²) in [7, 11) is 0. The molecule has 0 spiro atoms. The van der Waals surface area contributed by atoms with E-state index < -0.39 is 35.4 Å². The number of aliphatic imine (C=N–C) groups is 1. The molecule has 20 heavy (non-hydrogen) atoms. The highest BCUT2D eigenvalue weighted by Gasteiger charge is 2.19. The fraction of sp³-hybridized carbons (Fsp3) is 0.462. The van der Waals surface area contributed by atoms with Gasteiger partial charge >= 0.3 is 0 Å². The molecule has 1 saturated carbocycles. The lowest BCUT2D eigenvalue weighted by molar-refractivity contribution is 0.315. The standard InChI is InChI=1S/C13H15F4N3/c14-9-4-10(15)12(17)11(16)8(9)6-20-13(18)19-5-7-2-1-3-7/h4,7H,1-3,5-6H2,(H3,18,19,20). The molecule has 0 radical (unpaired) electrons. The molecular weight excluding hydrogens is 274 g/mol. The second kappa shape index (κ2) is 6.11. The Balaban J connectivity index is 2.00. The minimum atomic E-state index is -1.71. The van der Waals surface area contributed by atoms with E-state index in [1.54, 1.807) is 0 Å². The van der Waals surface area contributed by atoms with Crippen LogP contribution in [0.5, 0.6) is 0 Å². The normalized spacial score (nSPS) is 16.1. The van der Waals surface area contributed by atoms with Crippen LogP contribution in [0, 0.1) is 29.2 Å². The highest BCUT2D eigenvalue weighted by molar-refractivity contribution is 5.77.